The van der Waals surface area contributed by atoms with Crippen molar-refractivity contribution < 1.29 is 9.53 Å². The number of carbonyl (C=O) groups excluding carboxylic acids is 1. The number of methoxy groups -OCH3 is 1. The van der Waals surface area contributed by atoms with Crippen LogP contribution in [-0.2, 0) is 11.8 Å². The second-order valence-electron chi connectivity index (χ2n) is 5.90. The van der Waals surface area contributed by atoms with E-state index in [0.717, 1.165) is 22.0 Å². The molecule has 2 heterocycles. The summed E-state index contributed by atoms with van der Waals surface area (Å²) in [5.41, 5.74) is 0.910. The van der Waals surface area contributed by atoms with Gasteiger partial charge in [-0.15, -0.1) is 11.3 Å². The lowest BCUT2D eigenvalue weighted by Gasteiger charge is -2.19. The number of ether oxygens (including phenoxy) is 1. The molecule has 1 N–H and O–H groups in total. The van der Waals surface area contributed by atoms with Crippen molar-refractivity contribution in [2.24, 2.45) is 7.05 Å². The molecule has 1 aromatic carbocycles. The number of rotatable bonds is 6. The van der Waals surface area contributed by atoms with E-state index >= 15 is 0 Å². The summed E-state index contributed by atoms with van der Waals surface area (Å²) in [6, 6.07) is 11.3. The van der Waals surface area contributed by atoms with Crippen LogP contribution in [0.1, 0.15) is 27.2 Å². The summed E-state index contributed by atoms with van der Waals surface area (Å²) >= 11 is 1.65. The van der Waals surface area contributed by atoms with E-state index in [1.807, 2.05) is 67.2 Å². The monoisotopic (exact) mass is 367 g/mol. The van der Waals surface area contributed by atoms with Crippen LogP contribution in [-0.4, -0.2) is 22.6 Å². The molecule has 0 aliphatic heterocycles. The number of imidazole rings is 1. The van der Waals surface area contributed by atoms with Crippen molar-refractivity contribution in [3.05, 3.63) is 76.0 Å². The highest BCUT2D eigenvalue weighted by atomic mass is 32.1. The van der Waals surface area contributed by atoms with Crippen LogP contribution in [0, 0.1) is 6.92 Å². The lowest BCUT2D eigenvalue weighted by molar-refractivity contribution is -0.117. The molecule has 0 saturated heterocycles. The Kier molecular flexibility index (Phi) is 5.53. The van der Waals surface area contributed by atoms with Crippen LogP contribution in [0.15, 0.2) is 54.9 Å². The predicted octanol–water partition coefficient (Wildman–Crippen LogP) is 3.72. The van der Waals surface area contributed by atoms with Gasteiger partial charge in [0.05, 0.1) is 7.11 Å². The van der Waals surface area contributed by atoms with Gasteiger partial charge in [0.1, 0.15) is 17.6 Å². The Bertz CT molecular complexity index is 927. The zero-order valence-corrected chi connectivity index (χ0v) is 15.8. The Hall–Kier alpha value is -2.86. The van der Waals surface area contributed by atoms with Gasteiger partial charge in [0.2, 0.25) is 5.91 Å². The van der Waals surface area contributed by atoms with E-state index in [1.165, 1.54) is 4.88 Å². The van der Waals surface area contributed by atoms with E-state index in [-0.39, 0.29) is 11.9 Å². The number of thiophene rings is 1. The third-order valence-electron chi connectivity index (χ3n) is 3.99. The largest absolute Gasteiger partial charge is 0.497 e. The first-order valence-electron chi connectivity index (χ1n) is 8.23. The summed E-state index contributed by atoms with van der Waals surface area (Å²) in [5.74, 6) is 1.32. The summed E-state index contributed by atoms with van der Waals surface area (Å²) < 4.78 is 7.21. The van der Waals surface area contributed by atoms with Crippen LogP contribution in [0.5, 0.6) is 5.75 Å². The number of hydrogen-bond donors (Lipinski definition) is 1. The fourth-order valence-corrected chi connectivity index (χ4v) is 3.44. The Morgan fingerprint density at radius 1 is 1.35 bits per heavy atom. The number of benzene rings is 1. The molecule has 26 heavy (non-hydrogen) atoms. The number of carbonyl (C=O) groups is 1. The summed E-state index contributed by atoms with van der Waals surface area (Å²) in [4.78, 5) is 19.2. The summed E-state index contributed by atoms with van der Waals surface area (Å²) in [7, 11) is 3.53. The fraction of sp³-hybridized carbons (Fsp3) is 0.200. The second-order valence-corrected chi connectivity index (χ2v) is 7.22. The summed E-state index contributed by atoms with van der Waals surface area (Å²) in [6.07, 6.45) is 6.97. The fourth-order valence-electron chi connectivity index (χ4n) is 2.66. The molecule has 6 heteroatoms. The standard InChI is InChI=1S/C20H21N3O2S/c1-14-7-8-17(26-14)9-10-18(24)22-19(20-21-11-12-23(20)2)15-5-4-6-16(13-15)25-3/h4-13,19H,1-3H3,(H,22,24)/b10-9+. The predicted molar refractivity (Wildman–Crippen MR) is 104 cm³/mol. The maximum absolute atomic E-state index is 12.5. The molecule has 134 valence electrons. The van der Waals surface area contributed by atoms with E-state index in [0.29, 0.717) is 0 Å². The molecule has 0 aliphatic rings. The van der Waals surface area contributed by atoms with Crippen molar-refractivity contribution in [3.63, 3.8) is 0 Å². The van der Waals surface area contributed by atoms with E-state index in [4.69, 9.17) is 4.74 Å². The smallest absolute Gasteiger partial charge is 0.244 e. The van der Waals surface area contributed by atoms with E-state index < -0.39 is 0 Å². The average molecular weight is 367 g/mol. The van der Waals surface area contributed by atoms with Crippen LogP contribution in [0.3, 0.4) is 0 Å². The van der Waals surface area contributed by atoms with Crippen LogP contribution in [0.4, 0.5) is 0 Å². The zero-order valence-electron chi connectivity index (χ0n) is 15.0. The number of aryl methyl sites for hydroxylation is 2. The molecule has 3 aromatic rings. The topological polar surface area (TPSA) is 56.1 Å². The Morgan fingerprint density at radius 3 is 2.85 bits per heavy atom. The molecule has 0 spiro atoms. The lowest BCUT2D eigenvalue weighted by atomic mass is 10.1. The van der Waals surface area contributed by atoms with Crippen LogP contribution < -0.4 is 10.1 Å². The van der Waals surface area contributed by atoms with Crippen molar-refractivity contribution in [1.82, 2.24) is 14.9 Å². The molecule has 1 atom stereocenters. The normalized spacial score (nSPS) is 12.3. The SMILES string of the molecule is COc1cccc(C(NC(=O)/C=C/c2ccc(C)s2)c2nccn2C)c1. The van der Waals surface area contributed by atoms with Gasteiger partial charge in [-0.05, 0) is 42.8 Å². The van der Waals surface area contributed by atoms with Gasteiger partial charge in [0.25, 0.3) is 0 Å². The summed E-state index contributed by atoms with van der Waals surface area (Å²) in [5, 5.41) is 3.04. The van der Waals surface area contributed by atoms with Gasteiger partial charge < -0.3 is 14.6 Å². The quantitative estimate of drug-likeness (QED) is 0.676. The number of hydrogen-bond acceptors (Lipinski definition) is 4. The van der Waals surface area contributed by atoms with E-state index in [1.54, 1.807) is 30.7 Å². The third-order valence-corrected chi connectivity index (χ3v) is 4.96. The zero-order chi connectivity index (χ0) is 18.5. The van der Waals surface area contributed by atoms with Crippen molar-refractivity contribution in [1.29, 1.82) is 0 Å². The average Bonchev–Trinajstić information content (AvgIpc) is 3.26. The number of amides is 1. The number of aromatic nitrogens is 2. The molecule has 2 aromatic heterocycles. The molecule has 5 nitrogen and oxygen atoms in total. The van der Waals surface area contributed by atoms with E-state index in [2.05, 4.69) is 10.3 Å². The molecule has 1 unspecified atom stereocenters. The molecule has 0 radical (unpaired) electrons. The first kappa shape index (κ1) is 17.9. The van der Waals surface area contributed by atoms with Gasteiger partial charge in [-0.2, -0.15) is 0 Å². The molecule has 0 saturated carbocycles. The third kappa shape index (κ3) is 4.21. The first-order chi connectivity index (χ1) is 12.6. The molecule has 1 amide bonds. The minimum atomic E-state index is -0.368. The van der Waals surface area contributed by atoms with Gasteiger partial charge in [-0.25, -0.2) is 4.98 Å². The van der Waals surface area contributed by atoms with Crippen LogP contribution in [0.25, 0.3) is 6.08 Å². The van der Waals surface area contributed by atoms with E-state index in [9.17, 15) is 4.79 Å². The summed E-state index contributed by atoms with van der Waals surface area (Å²) in [6.45, 7) is 2.04. The minimum absolute atomic E-state index is 0.174. The maximum atomic E-state index is 12.5. The second kappa shape index (κ2) is 8.01. The Balaban J connectivity index is 1.85. The highest BCUT2D eigenvalue weighted by Crippen LogP contribution is 2.24. The maximum Gasteiger partial charge on any atom is 0.244 e. The van der Waals surface area contributed by atoms with Gasteiger partial charge in [-0.3, -0.25) is 4.79 Å². The first-order valence-corrected chi connectivity index (χ1v) is 9.04. The Labute approximate surface area is 157 Å². The van der Waals surface area contributed by atoms with Crippen molar-refractivity contribution in [2.75, 3.05) is 7.11 Å². The van der Waals surface area contributed by atoms with Gasteiger partial charge in [0, 0.05) is 35.3 Å². The molecular formula is C20H21N3O2S. The molecule has 0 aliphatic carbocycles. The van der Waals surface area contributed by atoms with Crippen molar-refractivity contribution >= 4 is 23.3 Å². The highest BCUT2D eigenvalue weighted by molar-refractivity contribution is 7.12. The highest BCUT2D eigenvalue weighted by Gasteiger charge is 2.20. The van der Waals surface area contributed by atoms with Gasteiger partial charge in [0.15, 0.2) is 0 Å². The number of nitrogens with zero attached hydrogens (tertiary/aromatic N) is 2. The van der Waals surface area contributed by atoms with Crippen LogP contribution in [0.2, 0.25) is 0 Å². The number of nitrogens with one attached hydrogen (secondary N) is 1. The minimum Gasteiger partial charge on any atom is -0.497 e. The van der Waals surface area contributed by atoms with Crippen molar-refractivity contribution in [3.8, 4) is 5.75 Å². The van der Waals surface area contributed by atoms with Gasteiger partial charge >= 0.3 is 0 Å². The van der Waals surface area contributed by atoms with Gasteiger partial charge in [-0.1, -0.05) is 12.1 Å². The molecular weight excluding hydrogens is 346 g/mol. The van der Waals surface area contributed by atoms with Crippen molar-refractivity contribution in [2.45, 2.75) is 13.0 Å². The molecule has 0 bridgehead atoms. The lowest BCUT2D eigenvalue weighted by Crippen LogP contribution is -2.29. The Morgan fingerprint density at radius 2 is 2.19 bits per heavy atom. The molecule has 3 rings (SSSR count). The molecule has 0 fully saturated rings. The van der Waals surface area contributed by atoms with Crippen LogP contribution >= 0.6 is 11.3 Å².